The van der Waals surface area contributed by atoms with E-state index in [1.54, 1.807) is 6.07 Å². The van der Waals surface area contributed by atoms with Gasteiger partial charge >= 0.3 is 0 Å². The number of benzene rings is 2. The van der Waals surface area contributed by atoms with E-state index in [1.165, 1.54) is 12.4 Å². The van der Waals surface area contributed by atoms with E-state index in [4.69, 9.17) is 11.1 Å². The first-order valence-electron chi connectivity index (χ1n) is 10.4. The molecule has 0 saturated heterocycles. The third-order valence-corrected chi connectivity index (χ3v) is 5.46. The summed E-state index contributed by atoms with van der Waals surface area (Å²) in [5, 5.41) is 18.9. The van der Waals surface area contributed by atoms with Crippen molar-refractivity contribution in [3.63, 3.8) is 0 Å². The Balaban J connectivity index is 1.41. The lowest BCUT2D eigenvalue weighted by atomic mass is 9.97. The van der Waals surface area contributed by atoms with Gasteiger partial charge in [-0.1, -0.05) is 42.5 Å². The first-order chi connectivity index (χ1) is 15.5. The molecule has 1 amide bonds. The van der Waals surface area contributed by atoms with Crippen LogP contribution in [0.2, 0.25) is 0 Å². The molecular formula is C26H24N4O2. The van der Waals surface area contributed by atoms with Crippen molar-refractivity contribution in [1.82, 2.24) is 4.90 Å². The maximum absolute atomic E-state index is 12.9. The summed E-state index contributed by atoms with van der Waals surface area (Å²) in [4.78, 5) is 14.7. The second-order valence-electron chi connectivity index (χ2n) is 7.68. The van der Waals surface area contributed by atoms with Gasteiger partial charge < -0.3 is 15.8 Å². The maximum Gasteiger partial charge on any atom is 0.254 e. The molecule has 160 valence electrons. The van der Waals surface area contributed by atoms with Crippen LogP contribution in [0, 0.1) is 10.6 Å². The summed E-state index contributed by atoms with van der Waals surface area (Å²) in [6.45, 7) is 1.18. The number of pyridine rings is 1. The quantitative estimate of drug-likeness (QED) is 0.283. The Kier molecular flexibility index (Phi) is 6.12. The molecule has 0 atom stereocenters. The highest BCUT2D eigenvalue weighted by Gasteiger charge is 2.19. The van der Waals surface area contributed by atoms with E-state index < -0.39 is 0 Å². The first-order valence-corrected chi connectivity index (χ1v) is 10.4. The minimum atomic E-state index is 0.00349. The number of hydrogen-bond donors (Lipinski definition) is 2. The molecule has 0 spiro atoms. The van der Waals surface area contributed by atoms with Gasteiger partial charge in [-0.15, -0.1) is 0 Å². The van der Waals surface area contributed by atoms with E-state index in [2.05, 4.69) is 6.08 Å². The summed E-state index contributed by atoms with van der Waals surface area (Å²) in [5.74, 6) is 0.0555. The lowest BCUT2D eigenvalue weighted by Gasteiger charge is -2.27. The summed E-state index contributed by atoms with van der Waals surface area (Å²) in [6, 6.07) is 18.7. The molecule has 0 aliphatic carbocycles. The van der Waals surface area contributed by atoms with Crippen LogP contribution in [0.25, 0.3) is 17.7 Å². The van der Waals surface area contributed by atoms with Crippen molar-refractivity contribution in [2.75, 3.05) is 13.1 Å². The highest BCUT2D eigenvalue weighted by molar-refractivity contribution is 5.96. The molecular weight excluding hydrogens is 400 g/mol. The van der Waals surface area contributed by atoms with Crippen molar-refractivity contribution in [1.29, 1.82) is 5.41 Å². The molecule has 6 heteroatoms. The van der Waals surface area contributed by atoms with Crippen molar-refractivity contribution < 1.29 is 9.52 Å². The molecule has 0 saturated carbocycles. The van der Waals surface area contributed by atoms with Gasteiger partial charge in [0, 0.05) is 35.8 Å². The van der Waals surface area contributed by atoms with Crippen LogP contribution in [0.3, 0.4) is 0 Å². The summed E-state index contributed by atoms with van der Waals surface area (Å²) in [5.41, 5.74) is 10.9. The number of nitrogens with one attached hydrogen (secondary N) is 1. The van der Waals surface area contributed by atoms with Crippen LogP contribution in [-0.2, 0) is 0 Å². The van der Waals surface area contributed by atoms with Gasteiger partial charge in [0.25, 0.3) is 5.91 Å². The predicted molar refractivity (Wildman–Crippen MR) is 127 cm³/mol. The van der Waals surface area contributed by atoms with E-state index in [9.17, 15) is 10.0 Å². The average Bonchev–Trinajstić information content (AvgIpc) is 2.83. The zero-order valence-corrected chi connectivity index (χ0v) is 17.6. The minimum Gasteiger partial charge on any atom is -0.619 e. The molecule has 2 heterocycles. The van der Waals surface area contributed by atoms with Crippen LogP contribution < -0.4 is 10.5 Å². The van der Waals surface area contributed by atoms with Crippen molar-refractivity contribution in [3.05, 3.63) is 112 Å². The second-order valence-corrected chi connectivity index (χ2v) is 7.68. The molecule has 1 aliphatic heterocycles. The zero-order valence-electron chi connectivity index (χ0n) is 17.6. The fraction of sp³-hybridized carbons (Fsp3) is 0.115. The minimum absolute atomic E-state index is 0.00349. The van der Waals surface area contributed by atoms with E-state index in [1.807, 2.05) is 71.6 Å². The van der Waals surface area contributed by atoms with E-state index >= 15 is 0 Å². The van der Waals surface area contributed by atoms with Gasteiger partial charge in [0.1, 0.15) is 5.84 Å². The lowest BCUT2D eigenvalue weighted by molar-refractivity contribution is -0.605. The number of amidine groups is 1. The number of nitrogens with zero attached hydrogens (tertiary/aromatic N) is 2. The van der Waals surface area contributed by atoms with Crippen LogP contribution in [0.1, 0.15) is 39.0 Å². The van der Waals surface area contributed by atoms with Gasteiger partial charge in [0.2, 0.25) is 0 Å². The molecule has 0 radical (unpaired) electrons. The normalized spacial score (nSPS) is 13.8. The summed E-state index contributed by atoms with van der Waals surface area (Å²) >= 11 is 0. The fourth-order valence-electron chi connectivity index (χ4n) is 3.68. The third kappa shape index (κ3) is 4.92. The number of hydrogen-bond acceptors (Lipinski definition) is 3. The SMILES string of the molecule is N=C(N)c1cccc(C2=CCN(C(=O)c3ccc(/C=C/c4ccc[n+]([O-])c4)cc3)CC2)c1. The van der Waals surface area contributed by atoms with Gasteiger partial charge in [-0.3, -0.25) is 10.2 Å². The Morgan fingerprint density at radius 2 is 1.81 bits per heavy atom. The van der Waals surface area contributed by atoms with Gasteiger partial charge in [0.15, 0.2) is 12.4 Å². The molecule has 3 N–H and O–H groups in total. The maximum atomic E-state index is 12.9. The molecule has 1 aromatic heterocycles. The summed E-state index contributed by atoms with van der Waals surface area (Å²) in [6.07, 6.45) is 9.55. The molecule has 4 rings (SSSR count). The molecule has 32 heavy (non-hydrogen) atoms. The fourth-order valence-corrected chi connectivity index (χ4v) is 3.68. The van der Waals surface area contributed by atoms with Crippen molar-refractivity contribution in [2.24, 2.45) is 5.73 Å². The smallest absolute Gasteiger partial charge is 0.254 e. The number of rotatable bonds is 5. The van der Waals surface area contributed by atoms with Crippen LogP contribution in [-0.4, -0.2) is 29.7 Å². The highest BCUT2D eigenvalue weighted by Crippen LogP contribution is 2.24. The van der Waals surface area contributed by atoms with Crippen LogP contribution in [0.5, 0.6) is 0 Å². The molecule has 2 aromatic carbocycles. The first kappa shape index (κ1) is 21.1. The lowest BCUT2D eigenvalue weighted by Crippen LogP contribution is -2.34. The topological polar surface area (TPSA) is 97.1 Å². The van der Waals surface area contributed by atoms with Crippen LogP contribution in [0.15, 0.2) is 79.1 Å². The number of aromatic nitrogens is 1. The molecule has 0 fully saturated rings. The van der Waals surface area contributed by atoms with Crippen LogP contribution in [0.4, 0.5) is 0 Å². The van der Waals surface area contributed by atoms with Gasteiger partial charge in [-0.25, -0.2) is 0 Å². The van der Waals surface area contributed by atoms with Crippen molar-refractivity contribution >= 4 is 29.5 Å². The second kappa shape index (κ2) is 9.31. The summed E-state index contributed by atoms with van der Waals surface area (Å²) < 4.78 is 0.764. The third-order valence-electron chi connectivity index (χ3n) is 5.46. The molecule has 3 aromatic rings. The number of amides is 1. The van der Waals surface area contributed by atoms with Gasteiger partial charge in [-0.2, -0.15) is 4.73 Å². The standard InChI is InChI=1S/C26H24N4O2/c27-25(28)24-5-1-4-23(17-24)21-12-15-29(16-13-21)26(31)22-10-8-19(9-11-22)6-7-20-3-2-14-30(32)18-20/h1-12,14,17-18H,13,15-16H2,(H3,27,28)/b7-6+. The Morgan fingerprint density at radius 3 is 2.50 bits per heavy atom. The van der Waals surface area contributed by atoms with Gasteiger partial charge in [-0.05, 0) is 53.5 Å². The predicted octanol–water partition coefficient (Wildman–Crippen LogP) is 3.70. The summed E-state index contributed by atoms with van der Waals surface area (Å²) in [7, 11) is 0. The molecule has 1 aliphatic rings. The number of carbonyl (C=O) groups is 1. The van der Waals surface area contributed by atoms with E-state index in [0.717, 1.165) is 33.4 Å². The Hall–Kier alpha value is -4.19. The van der Waals surface area contributed by atoms with Gasteiger partial charge in [0.05, 0.1) is 0 Å². The Morgan fingerprint density at radius 1 is 1.03 bits per heavy atom. The van der Waals surface area contributed by atoms with Crippen molar-refractivity contribution in [3.8, 4) is 0 Å². The largest absolute Gasteiger partial charge is 0.619 e. The number of carbonyl (C=O) groups excluding carboxylic acids is 1. The van der Waals surface area contributed by atoms with Crippen LogP contribution >= 0.6 is 0 Å². The average molecular weight is 425 g/mol. The van der Waals surface area contributed by atoms with E-state index in [0.29, 0.717) is 24.2 Å². The Labute approximate surface area is 187 Å². The highest BCUT2D eigenvalue weighted by atomic mass is 16.5. The number of nitrogen functional groups attached to an aromatic ring is 1. The number of nitrogens with two attached hydrogens (primary N) is 1. The molecule has 6 nitrogen and oxygen atoms in total. The molecule has 0 unspecified atom stereocenters. The monoisotopic (exact) mass is 424 g/mol. The van der Waals surface area contributed by atoms with E-state index in [-0.39, 0.29) is 11.7 Å². The molecule has 0 bridgehead atoms. The zero-order chi connectivity index (χ0) is 22.5. The van der Waals surface area contributed by atoms with Crippen molar-refractivity contribution in [2.45, 2.75) is 6.42 Å². The Bertz CT molecular complexity index is 1210.